The van der Waals surface area contributed by atoms with E-state index in [4.69, 9.17) is 0 Å². The van der Waals surface area contributed by atoms with Crippen LogP contribution in [-0.2, 0) is 10.3 Å². The molecule has 0 fully saturated rings. The van der Waals surface area contributed by atoms with Gasteiger partial charge in [0, 0.05) is 17.7 Å². The summed E-state index contributed by atoms with van der Waals surface area (Å²) in [5, 5.41) is 24.2. The Morgan fingerprint density at radius 3 is 2.48 bits per heavy atom. The molecule has 110 valence electrons. The van der Waals surface area contributed by atoms with Gasteiger partial charge in [-0.1, -0.05) is 6.07 Å². The maximum absolute atomic E-state index is 13.1. The minimum absolute atomic E-state index is 0.233. The molecule has 0 N–H and O–H groups in total. The predicted octanol–water partition coefficient (Wildman–Crippen LogP) is 2.19. The van der Waals surface area contributed by atoms with Crippen molar-refractivity contribution in [2.24, 2.45) is 0 Å². The van der Waals surface area contributed by atoms with Crippen LogP contribution in [0.15, 0.2) is 42.1 Å². The van der Waals surface area contributed by atoms with Gasteiger partial charge in [0.15, 0.2) is 0 Å². The van der Waals surface area contributed by atoms with E-state index in [0.717, 1.165) is 6.20 Å². The molecule has 8 heteroatoms. The van der Waals surface area contributed by atoms with Crippen LogP contribution in [0.3, 0.4) is 0 Å². The van der Waals surface area contributed by atoms with Crippen molar-refractivity contribution in [2.45, 2.75) is 13.8 Å². The molecule has 0 spiro atoms. The van der Waals surface area contributed by atoms with E-state index < -0.39 is 30.5 Å². The second kappa shape index (κ2) is 5.24. The van der Waals surface area contributed by atoms with E-state index in [1.807, 2.05) is 0 Å². The number of hydroxylamine groups is 2. The van der Waals surface area contributed by atoms with Gasteiger partial charge in [-0.2, -0.15) is 8.42 Å². The van der Waals surface area contributed by atoms with E-state index in [1.54, 1.807) is 6.92 Å². The fourth-order valence-corrected chi connectivity index (χ4v) is 2.91. The number of allylic oxidation sites excluding steroid dienone is 2. The van der Waals surface area contributed by atoms with Crippen molar-refractivity contribution in [3.05, 3.63) is 63.0 Å². The summed E-state index contributed by atoms with van der Waals surface area (Å²) in [5.74, 6) is 0. The van der Waals surface area contributed by atoms with Crippen molar-refractivity contribution in [2.75, 3.05) is 0 Å². The lowest BCUT2D eigenvalue weighted by molar-refractivity contribution is -0.384. The van der Waals surface area contributed by atoms with Crippen LogP contribution >= 0.6 is 0 Å². The Labute approximate surface area is 122 Å². The van der Waals surface area contributed by atoms with Crippen LogP contribution in [0.1, 0.15) is 12.5 Å². The number of nitro benzene ring substituents is 1. The van der Waals surface area contributed by atoms with Crippen LogP contribution in [0.5, 0.6) is 0 Å². The van der Waals surface area contributed by atoms with Crippen molar-refractivity contribution in [3.63, 3.8) is 0 Å². The van der Waals surface area contributed by atoms with Crippen molar-refractivity contribution in [3.8, 4) is 0 Å². The molecule has 0 bridgehead atoms. The Morgan fingerprint density at radius 2 is 1.90 bits per heavy atom. The van der Waals surface area contributed by atoms with Gasteiger partial charge >= 0.3 is 5.69 Å². The number of quaternary nitrogens is 1. The minimum Gasteiger partial charge on any atom is -0.616 e. The first-order valence-electron chi connectivity index (χ1n) is 5.96. The summed E-state index contributed by atoms with van der Waals surface area (Å²) in [4.78, 5) is 9.98. The number of aryl methyl sites for hydroxylation is 1. The molecule has 1 heterocycles. The van der Waals surface area contributed by atoms with Crippen LogP contribution in [0.25, 0.3) is 0 Å². The maximum Gasteiger partial charge on any atom is 0.330 e. The Bertz CT molecular complexity index is 815. The van der Waals surface area contributed by atoms with E-state index in [-0.39, 0.29) is 11.3 Å². The summed E-state index contributed by atoms with van der Waals surface area (Å²) in [6.07, 6.45) is 3.94. The monoisotopic (exact) mass is 308 g/mol. The Morgan fingerprint density at radius 1 is 1.24 bits per heavy atom. The molecular formula is C13H12N2O5S. The van der Waals surface area contributed by atoms with Gasteiger partial charge in [0.1, 0.15) is 6.20 Å². The zero-order valence-corrected chi connectivity index (χ0v) is 12.1. The highest BCUT2D eigenvalue weighted by molar-refractivity contribution is 7.73. The lowest BCUT2D eigenvalue weighted by Crippen LogP contribution is -2.46. The molecular weight excluding hydrogens is 296 g/mol. The van der Waals surface area contributed by atoms with Gasteiger partial charge in [-0.25, -0.2) is 4.65 Å². The number of hydrogen-bond acceptors (Lipinski definition) is 5. The molecule has 2 rings (SSSR count). The highest BCUT2D eigenvalue weighted by Crippen LogP contribution is 2.37. The van der Waals surface area contributed by atoms with Gasteiger partial charge < -0.3 is 5.21 Å². The predicted molar refractivity (Wildman–Crippen MR) is 79.8 cm³/mol. The summed E-state index contributed by atoms with van der Waals surface area (Å²) in [7, 11) is -2.80. The number of benzene rings is 1. The third-order valence-corrected chi connectivity index (χ3v) is 4.03. The Balaban J connectivity index is 2.85. The number of hydrogen-bond donors (Lipinski definition) is 0. The molecule has 1 aromatic carbocycles. The Hall–Kier alpha value is -2.29. The molecule has 7 nitrogen and oxygen atoms in total. The molecule has 0 radical (unpaired) electrons. The summed E-state index contributed by atoms with van der Waals surface area (Å²) in [6, 6.07) is 4.04. The fraction of sp³-hybridized carbons (Fsp3) is 0.154. The summed E-state index contributed by atoms with van der Waals surface area (Å²) in [6.45, 7) is 3.14. The first kappa shape index (κ1) is 15.1. The molecule has 0 saturated carbocycles. The van der Waals surface area contributed by atoms with E-state index >= 15 is 0 Å². The first-order chi connectivity index (χ1) is 9.77. The van der Waals surface area contributed by atoms with Gasteiger partial charge in [0.05, 0.1) is 4.92 Å². The molecule has 1 atom stereocenters. The second-order valence-corrected chi connectivity index (χ2v) is 5.49. The van der Waals surface area contributed by atoms with Gasteiger partial charge in [0.25, 0.3) is 15.3 Å². The summed E-state index contributed by atoms with van der Waals surface area (Å²) >= 11 is 0. The van der Waals surface area contributed by atoms with Crippen LogP contribution in [0.4, 0.5) is 11.4 Å². The van der Waals surface area contributed by atoms with Crippen LogP contribution in [-0.4, -0.2) is 18.3 Å². The van der Waals surface area contributed by atoms with E-state index in [2.05, 4.69) is 0 Å². The van der Waals surface area contributed by atoms with E-state index in [1.165, 1.54) is 37.3 Å². The third-order valence-electron chi connectivity index (χ3n) is 3.12. The summed E-state index contributed by atoms with van der Waals surface area (Å²) in [5.41, 5.74) is 0.220. The highest BCUT2D eigenvalue weighted by Gasteiger charge is 2.37. The fourth-order valence-electron chi connectivity index (χ4n) is 2.20. The molecule has 21 heavy (non-hydrogen) atoms. The van der Waals surface area contributed by atoms with Crippen LogP contribution < -0.4 is 4.65 Å². The summed E-state index contributed by atoms with van der Waals surface area (Å²) < 4.78 is 21.3. The number of rotatable bonds is 2. The van der Waals surface area contributed by atoms with Gasteiger partial charge in [-0.15, -0.1) is 0 Å². The van der Waals surface area contributed by atoms with Crippen LogP contribution in [0, 0.1) is 22.2 Å². The average molecular weight is 308 g/mol. The lowest BCUT2D eigenvalue weighted by Gasteiger charge is -2.38. The zero-order chi connectivity index (χ0) is 15.8. The van der Waals surface area contributed by atoms with E-state index in [9.17, 15) is 23.7 Å². The first-order valence-corrected chi connectivity index (χ1v) is 7.03. The normalized spacial score (nSPS) is 21.1. The van der Waals surface area contributed by atoms with Gasteiger partial charge in [0.2, 0.25) is 5.69 Å². The number of nitro groups is 1. The highest BCUT2D eigenvalue weighted by atomic mass is 32.2. The van der Waals surface area contributed by atoms with Crippen molar-refractivity contribution < 1.29 is 13.3 Å². The Kier molecular flexibility index (Phi) is 3.77. The van der Waals surface area contributed by atoms with Gasteiger partial charge in [-0.3, -0.25) is 10.1 Å². The standard InChI is InChI=1S/C13H12N2O5S/c1-9-5-6-11(14(16)17)12(8-9)15(18)7-3-4-10(2)13(15)21(19)20/h3-8H,1-2H3. The molecule has 1 aliphatic heterocycles. The molecule has 1 aromatic rings. The average Bonchev–Trinajstić information content (AvgIpc) is 2.37. The van der Waals surface area contributed by atoms with Gasteiger partial charge in [-0.05, 0) is 31.6 Å². The van der Waals surface area contributed by atoms with E-state index in [0.29, 0.717) is 5.56 Å². The molecule has 0 saturated heterocycles. The largest absolute Gasteiger partial charge is 0.616 e. The molecule has 0 amide bonds. The minimum atomic E-state index is -2.80. The smallest absolute Gasteiger partial charge is 0.330 e. The lowest BCUT2D eigenvalue weighted by atomic mass is 10.1. The second-order valence-electron chi connectivity index (χ2n) is 4.64. The number of nitrogens with zero attached hydrogens (tertiary/aromatic N) is 2. The third kappa shape index (κ3) is 2.51. The zero-order valence-electron chi connectivity index (χ0n) is 11.3. The maximum atomic E-state index is 13.1. The quantitative estimate of drug-likeness (QED) is 0.274. The SMILES string of the molecule is CC1=CC=C[N+]([O-])(c2cc(C)ccc2[N+](=O)[O-])C1=S(=O)=O. The van der Waals surface area contributed by atoms with Crippen molar-refractivity contribution in [1.29, 1.82) is 0 Å². The topological polar surface area (TPSA) is 100 Å². The molecule has 0 aliphatic carbocycles. The molecule has 1 aliphatic rings. The van der Waals surface area contributed by atoms with Crippen molar-refractivity contribution >= 4 is 26.7 Å². The molecule has 0 aromatic heterocycles. The van der Waals surface area contributed by atoms with Crippen LogP contribution in [0.2, 0.25) is 0 Å². The molecule has 1 unspecified atom stereocenters. The van der Waals surface area contributed by atoms with Crippen molar-refractivity contribution in [1.82, 2.24) is 4.65 Å².